The van der Waals surface area contributed by atoms with E-state index in [1.54, 1.807) is 0 Å². The lowest BCUT2D eigenvalue weighted by molar-refractivity contribution is 0.0952. The molecule has 0 spiro atoms. The fourth-order valence-electron chi connectivity index (χ4n) is 4.39. The van der Waals surface area contributed by atoms with Crippen LogP contribution in [-0.2, 0) is 0 Å². The standard InChI is InChI=1S/C29H28ClN5O/c1-19-26-18-32-27-14-9-22(20-5-10-23(30)11-6-20)17-25(27)28(26)35(33-19)24-12-7-21(8-13-24)29(36)31-15-4-16-34(2)3/h5-14,17-18H,4,15-16H2,1-3H3,(H,31,36). The number of carbonyl (C=O) groups is 1. The van der Waals surface area contributed by atoms with Crippen LogP contribution >= 0.6 is 11.6 Å². The van der Waals surface area contributed by atoms with Gasteiger partial charge >= 0.3 is 0 Å². The van der Waals surface area contributed by atoms with Crippen LogP contribution in [-0.4, -0.2) is 52.8 Å². The Balaban J connectivity index is 1.50. The number of pyridine rings is 1. The van der Waals surface area contributed by atoms with Crippen molar-refractivity contribution in [2.24, 2.45) is 0 Å². The second-order valence-corrected chi connectivity index (χ2v) is 9.65. The number of nitrogens with one attached hydrogen (secondary N) is 1. The fourth-order valence-corrected chi connectivity index (χ4v) is 4.51. The molecule has 0 aliphatic rings. The molecular weight excluding hydrogens is 470 g/mol. The lowest BCUT2D eigenvalue weighted by Crippen LogP contribution is -2.27. The number of benzene rings is 3. The van der Waals surface area contributed by atoms with Crippen LogP contribution in [0.25, 0.3) is 38.6 Å². The van der Waals surface area contributed by atoms with E-state index in [-0.39, 0.29) is 5.91 Å². The van der Waals surface area contributed by atoms with E-state index in [1.807, 2.05) is 86.5 Å². The Labute approximate surface area is 215 Å². The Kier molecular flexibility index (Phi) is 6.72. The second kappa shape index (κ2) is 10.1. The van der Waals surface area contributed by atoms with Crippen LogP contribution in [0, 0.1) is 6.92 Å². The molecule has 7 heteroatoms. The molecule has 5 aromatic rings. The number of hydrogen-bond acceptors (Lipinski definition) is 4. The lowest BCUT2D eigenvalue weighted by atomic mass is 10.0. The van der Waals surface area contributed by atoms with Crippen LogP contribution < -0.4 is 5.32 Å². The maximum atomic E-state index is 12.6. The number of carbonyl (C=O) groups excluding carboxylic acids is 1. The molecule has 0 aliphatic carbocycles. The van der Waals surface area contributed by atoms with Crippen molar-refractivity contribution in [2.75, 3.05) is 27.2 Å². The lowest BCUT2D eigenvalue weighted by Gasteiger charge is -2.11. The first-order valence-corrected chi connectivity index (χ1v) is 12.4. The summed E-state index contributed by atoms with van der Waals surface area (Å²) in [6, 6.07) is 21.7. The van der Waals surface area contributed by atoms with Crippen LogP contribution in [0.4, 0.5) is 0 Å². The molecular formula is C29H28ClN5O. The Morgan fingerprint density at radius 3 is 2.42 bits per heavy atom. The van der Waals surface area contributed by atoms with Gasteiger partial charge < -0.3 is 10.2 Å². The van der Waals surface area contributed by atoms with Gasteiger partial charge in [-0.2, -0.15) is 5.10 Å². The average molecular weight is 498 g/mol. The van der Waals surface area contributed by atoms with Gasteiger partial charge in [-0.15, -0.1) is 0 Å². The third-order valence-electron chi connectivity index (χ3n) is 6.31. The van der Waals surface area contributed by atoms with Crippen LogP contribution in [0.5, 0.6) is 0 Å². The van der Waals surface area contributed by atoms with E-state index in [9.17, 15) is 4.79 Å². The molecule has 0 atom stereocenters. The zero-order valence-electron chi connectivity index (χ0n) is 20.6. The van der Waals surface area contributed by atoms with Crippen molar-refractivity contribution in [3.63, 3.8) is 0 Å². The first kappa shape index (κ1) is 24.0. The molecule has 0 radical (unpaired) electrons. The van der Waals surface area contributed by atoms with Crippen molar-refractivity contribution in [2.45, 2.75) is 13.3 Å². The number of nitrogens with zero attached hydrogens (tertiary/aromatic N) is 4. The molecule has 2 heterocycles. The maximum Gasteiger partial charge on any atom is 0.251 e. The largest absolute Gasteiger partial charge is 0.352 e. The molecule has 0 saturated carbocycles. The molecule has 0 aliphatic heterocycles. The summed E-state index contributed by atoms with van der Waals surface area (Å²) in [4.78, 5) is 19.3. The van der Waals surface area contributed by atoms with Gasteiger partial charge in [-0.3, -0.25) is 9.78 Å². The molecule has 0 bridgehead atoms. The summed E-state index contributed by atoms with van der Waals surface area (Å²) in [5, 5.41) is 10.5. The second-order valence-electron chi connectivity index (χ2n) is 9.22. The minimum atomic E-state index is -0.0657. The van der Waals surface area contributed by atoms with Crippen LogP contribution in [0.15, 0.2) is 72.9 Å². The first-order chi connectivity index (χ1) is 17.4. The van der Waals surface area contributed by atoms with Gasteiger partial charge in [-0.05, 0) is 93.6 Å². The van der Waals surface area contributed by atoms with Crippen molar-refractivity contribution < 1.29 is 4.79 Å². The quantitative estimate of drug-likeness (QED) is 0.285. The molecule has 1 N–H and O–H groups in total. The summed E-state index contributed by atoms with van der Waals surface area (Å²) in [6.45, 7) is 3.58. The molecule has 0 saturated heterocycles. The molecule has 2 aromatic heterocycles. The summed E-state index contributed by atoms with van der Waals surface area (Å²) in [5.74, 6) is -0.0657. The number of rotatable bonds is 7. The monoisotopic (exact) mass is 497 g/mol. The summed E-state index contributed by atoms with van der Waals surface area (Å²) < 4.78 is 1.94. The van der Waals surface area contributed by atoms with E-state index in [0.29, 0.717) is 17.1 Å². The van der Waals surface area contributed by atoms with E-state index in [2.05, 4.69) is 27.3 Å². The average Bonchev–Trinajstić information content (AvgIpc) is 3.23. The highest BCUT2D eigenvalue weighted by molar-refractivity contribution is 6.30. The highest BCUT2D eigenvalue weighted by Crippen LogP contribution is 2.32. The SMILES string of the molecule is Cc1nn(-c2ccc(C(=O)NCCCN(C)C)cc2)c2c1cnc1ccc(-c3ccc(Cl)cc3)cc12. The van der Waals surface area contributed by atoms with Gasteiger partial charge in [0, 0.05) is 34.1 Å². The van der Waals surface area contributed by atoms with E-state index < -0.39 is 0 Å². The van der Waals surface area contributed by atoms with Gasteiger partial charge in [0.05, 0.1) is 22.4 Å². The summed E-state index contributed by atoms with van der Waals surface area (Å²) >= 11 is 6.09. The molecule has 0 fully saturated rings. The van der Waals surface area contributed by atoms with Gasteiger partial charge in [0.25, 0.3) is 5.91 Å². The van der Waals surface area contributed by atoms with Gasteiger partial charge in [-0.25, -0.2) is 4.68 Å². The number of halogens is 1. The van der Waals surface area contributed by atoms with Crippen molar-refractivity contribution in [1.29, 1.82) is 0 Å². The van der Waals surface area contributed by atoms with Gasteiger partial charge in [0.2, 0.25) is 0 Å². The van der Waals surface area contributed by atoms with E-state index in [0.717, 1.165) is 57.3 Å². The molecule has 1 amide bonds. The minimum Gasteiger partial charge on any atom is -0.352 e. The van der Waals surface area contributed by atoms with Crippen molar-refractivity contribution in [1.82, 2.24) is 25.0 Å². The Morgan fingerprint density at radius 1 is 0.972 bits per heavy atom. The van der Waals surface area contributed by atoms with Gasteiger partial charge in [0.15, 0.2) is 0 Å². The van der Waals surface area contributed by atoms with Crippen LogP contribution in [0.2, 0.25) is 5.02 Å². The van der Waals surface area contributed by atoms with Gasteiger partial charge in [-0.1, -0.05) is 29.8 Å². The minimum absolute atomic E-state index is 0.0657. The molecule has 182 valence electrons. The number of aryl methyl sites for hydroxylation is 1. The van der Waals surface area contributed by atoms with E-state index in [1.165, 1.54) is 0 Å². The van der Waals surface area contributed by atoms with Gasteiger partial charge in [0.1, 0.15) is 0 Å². The molecule has 0 unspecified atom stereocenters. The van der Waals surface area contributed by atoms with Crippen LogP contribution in [0.3, 0.4) is 0 Å². The van der Waals surface area contributed by atoms with Crippen molar-refractivity contribution in [3.8, 4) is 16.8 Å². The Bertz CT molecular complexity index is 1540. The fraction of sp³-hybridized carbons (Fsp3) is 0.207. The van der Waals surface area contributed by atoms with E-state index in [4.69, 9.17) is 16.7 Å². The normalized spacial score (nSPS) is 11.5. The third-order valence-corrected chi connectivity index (χ3v) is 6.56. The number of hydrogen-bond donors (Lipinski definition) is 1. The Morgan fingerprint density at radius 2 is 1.69 bits per heavy atom. The summed E-state index contributed by atoms with van der Waals surface area (Å²) in [6.07, 6.45) is 2.79. The number of fused-ring (bicyclic) bond motifs is 3. The predicted octanol–water partition coefficient (Wildman–Crippen LogP) is 5.88. The molecule has 3 aromatic carbocycles. The predicted molar refractivity (Wildman–Crippen MR) is 147 cm³/mol. The maximum absolute atomic E-state index is 12.6. The smallest absolute Gasteiger partial charge is 0.251 e. The van der Waals surface area contributed by atoms with E-state index >= 15 is 0 Å². The summed E-state index contributed by atoms with van der Waals surface area (Å²) in [5.41, 5.74) is 6.49. The van der Waals surface area contributed by atoms with Crippen LogP contribution in [0.1, 0.15) is 22.5 Å². The third kappa shape index (κ3) is 4.83. The molecule has 5 rings (SSSR count). The number of aromatic nitrogens is 3. The number of amides is 1. The molecule has 36 heavy (non-hydrogen) atoms. The van der Waals surface area contributed by atoms with Crippen molar-refractivity contribution >= 4 is 39.3 Å². The first-order valence-electron chi connectivity index (χ1n) is 12.0. The molecule has 6 nitrogen and oxygen atoms in total. The topological polar surface area (TPSA) is 63.1 Å². The Hall–Kier alpha value is -3.74. The van der Waals surface area contributed by atoms with Crippen molar-refractivity contribution in [3.05, 3.63) is 89.2 Å². The zero-order valence-corrected chi connectivity index (χ0v) is 21.4. The highest BCUT2D eigenvalue weighted by Gasteiger charge is 2.15. The summed E-state index contributed by atoms with van der Waals surface area (Å²) in [7, 11) is 4.05. The zero-order chi connectivity index (χ0) is 25.2. The highest BCUT2D eigenvalue weighted by atomic mass is 35.5.